The minimum atomic E-state index is -0.130. The fourth-order valence-electron chi connectivity index (χ4n) is 4.28. The van der Waals surface area contributed by atoms with Crippen LogP contribution < -0.4 is 10.1 Å². The molecule has 4 rings (SSSR count). The third-order valence-electron chi connectivity index (χ3n) is 5.73. The van der Waals surface area contributed by atoms with Gasteiger partial charge in [0.1, 0.15) is 11.4 Å². The topological polar surface area (TPSA) is 71.5 Å². The summed E-state index contributed by atoms with van der Waals surface area (Å²) in [6, 6.07) is 7.32. The Bertz CT molecular complexity index is 882. The lowest BCUT2D eigenvalue weighted by atomic mass is 9.91. The molecule has 1 aromatic heterocycles. The number of hydrogen-bond donors (Lipinski definition) is 1. The minimum absolute atomic E-state index is 0.00490. The van der Waals surface area contributed by atoms with E-state index in [4.69, 9.17) is 4.74 Å². The number of carbonyl (C=O) groups excluding carboxylic acids is 2. The van der Waals surface area contributed by atoms with Crippen LogP contribution in [0.15, 0.2) is 29.6 Å². The predicted octanol–water partition coefficient (Wildman–Crippen LogP) is 3.81. The summed E-state index contributed by atoms with van der Waals surface area (Å²) >= 11 is 1.50. The molecule has 6 nitrogen and oxygen atoms in total. The van der Waals surface area contributed by atoms with Crippen LogP contribution in [0.5, 0.6) is 5.75 Å². The van der Waals surface area contributed by atoms with Gasteiger partial charge in [-0.05, 0) is 51.2 Å². The highest BCUT2D eigenvalue weighted by atomic mass is 32.1. The monoisotopic (exact) mass is 413 g/mol. The highest BCUT2D eigenvalue weighted by Gasteiger charge is 2.36. The molecule has 2 amide bonds. The van der Waals surface area contributed by atoms with Gasteiger partial charge in [0.05, 0.1) is 23.2 Å². The van der Waals surface area contributed by atoms with Crippen LogP contribution in [0.4, 0.5) is 0 Å². The van der Waals surface area contributed by atoms with Crippen LogP contribution in [0.25, 0.3) is 0 Å². The van der Waals surface area contributed by atoms with Gasteiger partial charge in [-0.1, -0.05) is 18.6 Å². The molecule has 154 valence electrons. The molecule has 2 aliphatic rings. The number of aromatic nitrogens is 1. The molecule has 2 aromatic rings. The zero-order chi connectivity index (χ0) is 20.2. The molecule has 0 aliphatic carbocycles. The van der Waals surface area contributed by atoms with E-state index < -0.39 is 0 Å². The molecule has 0 spiro atoms. The number of benzene rings is 1. The van der Waals surface area contributed by atoms with Crippen molar-refractivity contribution in [2.75, 3.05) is 13.2 Å². The van der Waals surface area contributed by atoms with Gasteiger partial charge in [-0.25, -0.2) is 4.98 Å². The third-order valence-corrected chi connectivity index (χ3v) is 6.50. The number of aryl methyl sites for hydroxylation is 1. The predicted molar refractivity (Wildman–Crippen MR) is 113 cm³/mol. The zero-order valence-electron chi connectivity index (χ0n) is 16.7. The summed E-state index contributed by atoms with van der Waals surface area (Å²) < 4.78 is 5.85. The van der Waals surface area contributed by atoms with E-state index in [-0.39, 0.29) is 23.9 Å². The van der Waals surface area contributed by atoms with Crippen LogP contribution in [0, 0.1) is 6.92 Å². The molecule has 0 radical (unpaired) electrons. The molecule has 0 saturated carbocycles. The average molecular weight is 414 g/mol. The Hall–Kier alpha value is -2.41. The van der Waals surface area contributed by atoms with Crippen molar-refractivity contribution in [3.05, 3.63) is 45.9 Å². The number of carbonyl (C=O) groups is 2. The number of nitrogens with zero attached hydrogens (tertiary/aromatic N) is 2. The average Bonchev–Trinajstić information content (AvgIpc) is 3.16. The Morgan fingerprint density at radius 3 is 2.90 bits per heavy atom. The van der Waals surface area contributed by atoms with E-state index in [0.29, 0.717) is 30.2 Å². The van der Waals surface area contributed by atoms with E-state index in [1.54, 1.807) is 6.07 Å². The standard InChI is InChI=1S/C22H27N3O3S/c1-15-23-18(14-29-15)22(27)25-12-7-9-17-19(25)10-3-2-6-13-28-20-11-5-4-8-16(20)21(26)24-17/h4-5,8,11,14,17,19H,2-3,6-7,9-10,12-13H2,1H3,(H,24,26)/t17-,19-/m0/s1. The van der Waals surface area contributed by atoms with Crippen LogP contribution in [-0.4, -0.2) is 46.9 Å². The molecule has 3 heterocycles. The zero-order valence-corrected chi connectivity index (χ0v) is 17.5. The number of nitrogens with one attached hydrogen (secondary N) is 1. The molecular weight excluding hydrogens is 386 g/mol. The van der Waals surface area contributed by atoms with Gasteiger partial charge in [-0.3, -0.25) is 9.59 Å². The minimum Gasteiger partial charge on any atom is -0.493 e. The number of para-hydroxylation sites is 1. The third kappa shape index (κ3) is 4.45. The lowest BCUT2D eigenvalue weighted by Crippen LogP contribution is -2.57. The molecule has 2 atom stereocenters. The van der Waals surface area contributed by atoms with Crippen molar-refractivity contribution in [3.8, 4) is 5.75 Å². The SMILES string of the molecule is Cc1nc(C(=O)N2CCC[C@@H]3NC(=O)c4ccccc4OCCCCC[C@@H]32)cs1. The van der Waals surface area contributed by atoms with Gasteiger partial charge in [0.25, 0.3) is 11.8 Å². The Labute approximate surface area is 175 Å². The number of thiazole rings is 1. The van der Waals surface area contributed by atoms with Crippen LogP contribution in [0.1, 0.15) is 64.4 Å². The van der Waals surface area contributed by atoms with Crippen LogP contribution in [0.2, 0.25) is 0 Å². The second-order valence-electron chi connectivity index (χ2n) is 7.73. The van der Waals surface area contributed by atoms with E-state index in [2.05, 4.69) is 10.3 Å². The number of hydrogen-bond acceptors (Lipinski definition) is 5. The van der Waals surface area contributed by atoms with Gasteiger partial charge < -0.3 is 15.0 Å². The molecule has 1 aromatic carbocycles. The van der Waals surface area contributed by atoms with E-state index in [1.807, 2.05) is 35.4 Å². The van der Waals surface area contributed by atoms with Gasteiger partial charge in [0.2, 0.25) is 0 Å². The fourth-order valence-corrected chi connectivity index (χ4v) is 4.87. The van der Waals surface area contributed by atoms with Crippen molar-refractivity contribution < 1.29 is 14.3 Å². The maximum Gasteiger partial charge on any atom is 0.273 e. The van der Waals surface area contributed by atoms with E-state index >= 15 is 0 Å². The van der Waals surface area contributed by atoms with Crippen molar-refractivity contribution in [2.45, 2.75) is 57.5 Å². The highest BCUT2D eigenvalue weighted by Crippen LogP contribution is 2.27. The largest absolute Gasteiger partial charge is 0.493 e. The van der Waals surface area contributed by atoms with Gasteiger partial charge in [-0.2, -0.15) is 0 Å². The molecule has 2 aliphatic heterocycles. The molecule has 1 saturated heterocycles. The first kappa shape index (κ1) is 19.9. The highest BCUT2D eigenvalue weighted by molar-refractivity contribution is 7.09. The first-order chi connectivity index (χ1) is 14.1. The van der Waals surface area contributed by atoms with Crippen molar-refractivity contribution in [1.29, 1.82) is 0 Å². The Morgan fingerprint density at radius 1 is 1.21 bits per heavy atom. The maximum absolute atomic E-state index is 13.2. The summed E-state index contributed by atoms with van der Waals surface area (Å²) in [5, 5.41) is 5.93. The Kier molecular flexibility index (Phi) is 6.13. The molecule has 29 heavy (non-hydrogen) atoms. The molecule has 0 bridgehead atoms. The second-order valence-corrected chi connectivity index (χ2v) is 8.80. The molecule has 0 unspecified atom stereocenters. The smallest absolute Gasteiger partial charge is 0.273 e. The van der Waals surface area contributed by atoms with Gasteiger partial charge >= 0.3 is 0 Å². The van der Waals surface area contributed by atoms with Gasteiger partial charge in [0, 0.05) is 18.0 Å². The van der Waals surface area contributed by atoms with Crippen LogP contribution >= 0.6 is 11.3 Å². The first-order valence-electron chi connectivity index (χ1n) is 10.4. The van der Waals surface area contributed by atoms with Gasteiger partial charge in [-0.15, -0.1) is 11.3 Å². The van der Waals surface area contributed by atoms with Crippen molar-refractivity contribution in [3.63, 3.8) is 0 Å². The van der Waals surface area contributed by atoms with Crippen molar-refractivity contribution in [1.82, 2.24) is 15.2 Å². The molecule has 1 fully saturated rings. The van der Waals surface area contributed by atoms with Crippen LogP contribution in [-0.2, 0) is 0 Å². The number of likely N-dealkylation sites (tertiary alicyclic amines) is 1. The van der Waals surface area contributed by atoms with Gasteiger partial charge in [0.15, 0.2) is 0 Å². The normalized spacial score (nSPS) is 22.9. The fraction of sp³-hybridized carbons (Fsp3) is 0.500. The van der Waals surface area contributed by atoms with Crippen molar-refractivity contribution in [2.24, 2.45) is 0 Å². The summed E-state index contributed by atoms with van der Waals surface area (Å²) in [4.78, 5) is 32.5. The number of piperidine rings is 1. The molecular formula is C22H27N3O3S. The second kappa shape index (κ2) is 8.95. The maximum atomic E-state index is 13.2. The summed E-state index contributed by atoms with van der Waals surface area (Å²) in [5.41, 5.74) is 1.08. The van der Waals surface area contributed by atoms with Crippen molar-refractivity contribution >= 4 is 23.2 Å². The lowest BCUT2D eigenvalue weighted by Gasteiger charge is -2.41. The number of amides is 2. The quantitative estimate of drug-likeness (QED) is 0.772. The first-order valence-corrected chi connectivity index (χ1v) is 11.3. The van der Waals surface area contributed by atoms with Crippen LogP contribution in [0.3, 0.4) is 0 Å². The lowest BCUT2D eigenvalue weighted by molar-refractivity contribution is 0.0500. The summed E-state index contributed by atoms with van der Waals surface area (Å²) in [6.45, 7) is 3.22. The Balaban J connectivity index is 1.60. The molecule has 1 N–H and O–H groups in total. The Morgan fingerprint density at radius 2 is 2.07 bits per heavy atom. The van der Waals surface area contributed by atoms with E-state index in [0.717, 1.165) is 43.5 Å². The number of ether oxygens (including phenoxy) is 1. The summed E-state index contributed by atoms with van der Waals surface area (Å²) in [5.74, 6) is 0.480. The molecule has 7 heteroatoms. The summed E-state index contributed by atoms with van der Waals surface area (Å²) in [6.07, 6.45) is 5.60. The number of fused-ring (bicyclic) bond motifs is 2. The van der Waals surface area contributed by atoms with E-state index in [9.17, 15) is 9.59 Å². The van der Waals surface area contributed by atoms with E-state index in [1.165, 1.54) is 11.3 Å². The number of rotatable bonds is 1. The summed E-state index contributed by atoms with van der Waals surface area (Å²) in [7, 11) is 0.